The van der Waals surface area contributed by atoms with Gasteiger partial charge in [-0.25, -0.2) is 4.79 Å². The molecule has 1 aromatic rings. The van der Waals surface area contributed by atoms with E-state index in [-0.39, 0.29) is 24.2 Å². The van der Waals surface area contributed by atoms with Crippen molar-refractivity contribution in [2.24, 2.45) is 5.73 Å². The van der Waals surface area contributed by atoms with E-state index in [0.717, 1.165) is 0 Å². The molecule has 0 saturated carbocycles. The molecule has 0 radical (unpaired) electrons. The van der Waals surface area contributed by atoms with Crippen LogP contribution in [0.5, 0.6) is 0 Å². The van der Waals surface area contributed by atoms with E-state index in [1.807, 2.05) is 0 Å². The number of aliphatic carboxylic acids is 1. The van der Waals surface area contributed by atoms with Gasteiger partial charge < -0.3 is 21.3 Å². The fourth-order valence-electron chi connectivity index (χ4n) is 1.44. The molecule has 1 aromatic carbocycles. The Morgan fingerprint density at radius 3 is 2.42 bits per heavy atom. The van der Waals surface area contributed by atoms with Crippen molar-refractivity contribution in [1.29, 1.82) is 0 Å². The van der Waals surface area contributed by atoms with Crippen LogP contribution in [0.15, 0.2) is 24.3 Å². The Bertz CT molecular complexity index is 501. The largest absolute Gasteiger partial charge is 0.480 e. The molecule has 0 aliphatic heterocycles. The van der Waals surface area contributed by atoms with E-state index in [2.05, 4.69) is 5.32 Å². The summed E-state index contributed by atoms with van der Waals surface area (Å²) in [5.74, 6) is -2.57. The maximum Gasteiger partial charge on any atom is 0.326 e. The maximum atomic E-state index is 11.8. The van der Waals surface area contributed by atoms with Crippen LogP contribution < -0.4 is 11.1 Å². The van der Waals surface area contributed by atoms with Crippen LogP contribution in [0.1, 0.15) is 27.1 Å². The molecule has 0 aromatic heterocycles. The van der Waals surface area contributed by atoms with Crippen molar-refractivity contribution in [1.82, 2.24) is 5.32 Å². The number of benzene rings is 1. The summed E-state index contributed by atoms with van der Waals surface area (Å²) in [6.07, 6.45) is -0.101. The van der Waals surface area contributed by atoms with Gasteiger partial charge in [-0.2, -0.15) is 0 Å². The fraction of sp³-hybridized carbons (Fsp3) is 0.250. The summed E-state index contributed by atoms with van der Waals surface area (Å²) >= 11 is 0. The zero-order valence-corrected chi connectivity index (χ0v) is 10.00. The molecule has 0 aliphatic rings. The van der Waals surface area contributed by atoms with E-state index >= 15 is 0 Å². The highest BCUT2D eigenvalue weighted by Gasteiger charge is 2.20. The number of carbonyl (C=O) groups is 3. The first-order valence-corrected chi connectivity index (χ1v) is 5.50. The van der Waals surface area contributed by atoms with Gasteiger partial charge in [-0.3, -0.25) is 9.59 Å². The minimum atomic E-state index is -1.24. The zero-order valence-electron chi connectivity index (χ0n) is 10.00. The lowest BCUT2D eigenvalue weighted by atomic mass is 10.1. The van der Waals surface area contributed by atoms with Gasteiger partial charge in [0.2, 0.25) is 5.91 Å². The number of carbonyl (C=O) groups excluding carboxylic acids is 2. The quantitative estimate of drug-likeness (QED) is 0.543. The van der Waals surface area contributed by atoms with Crippen LogP contribution in [0, 0.1) is 0 Å². The summed E-state index contributed by atoms with van der Waals surface area (Å²) in [5.41, 5.74) is 5.36. The molecule has 0 bridgehead atoms. The average molecular weight is 266 g/mol. The van der Waals surface area contributed by atoms with E-state index in [0.29, 0.717) is 0 Å². The first-order valence-electron chi connectivity index (χ1n) is 5.50. The van der Waals surface area contributed by atoms with Crippen molar-refractivity contribution >= 4 is 17.8 Å². The molecule has 1 unspecified atom stereocenters. The number of nitrogens with two attached hydrogens (primary N) is 1. The molecule has 7 heteroatoms. The Labute approximate surface area is 109 Å². The molecule has 5 N–H and O–H groups in total. The maximum absolute atomic E-state index is 11.8. The van der Waals surface area contributed by atoms with E-state index in [4.69, 9.17) is 15.9 Å². The molecule has 0 aliphatic carbocycles. The zero-order chi connectivity index (χ0) is 14.4. The van der Waals surface area contributed by atoms with Crippen molar-refractivity contribution < 1.29 is 24.6 Å². The summed E-state index contributed by atoms with van der Waals surface area (Å²) in [7, 11) is 0. The van der Waals surface area contributed by atoms with Crippen molar-refractivity contribution in [2.45, 2.75) is 12.5 Å². The third kappa shape index (κ3) is 4.07. The van der Waals surface area contributed by atoms with Crippen LogP contribution in [-0.2, 0) is 4.79 Å². The molecule has 1 rings (SSSR count). The number of carboxylic acid groups (broad SMARTS) is 1. The third-order valence-corrected chi connectivity index (χ3v) is 2.43. The van der Waals surface area contributed by atoms with Gasteiger partial charge in [0.25, 0.3) is 5.91 Å². The molecule has 2 amide bonds. The second kappa shape index (κ2) is 6.50. The Morgan fingerprint density at radius 2 is 1.89 bits per heavy atom. The number of primary amides is 1. The van der Waals surface area contributed by atoms with E-state index in [1.54, 1.807) is 0 Å². The summed E-state index contributed by atoms with van der Waals surface area (Å²) in [4.78, 5) is 33.6. The van der Waals surface area contributed by atoms with Crippen molar-refractivity contribution in [2.75, 3.05) is 6.61 Å². The molecular formula is C12H14N2O5. The van der Waals surface area contributed by atoms with Gasteiger partial charge in [-0.1, -0.05) is 6.07 Å². The molecule has 1 atom stereocenters. The number of carboxylic acids is 1. The van der Waals surface area contributed by atoms with Gasteiger partial charge >= 0.3 is 5.97 Å². The molecule has 7 nitrogen and oxygen atoms in total. The molecule has 0 spiro atoms. The SMILES string of the molecule is NC(=O)c1cccc(C(=O)NC(CCO)C(=O)O)c1. The summed E-state index contributed by atoms with van der Waals surface area (Å²) in [5, 5.41) is 19.8. The lowest BCUT2D eigenvalue weighted by Gasteiger charge is -2.13. The topological polar surface area (TPSA) is 130 Å². The van der Waals surface area contributed by atoms with Gasteiger partial charge in [-0.05, 0) is 18.2 Å². The van der Waals surface area contributed by atoms with Crippen LogP contribution >= 0.6 is 0 Å². The summed E-state index contributed by atoms with van der Waals surface area (Å²) < 4.78 is 0. The monoisotopic (exact) mass is 266 g/mol. The Balaban J connectivity index is 2.85. The van der Waals surface area contributed by atoms with E-state index in [1.165, 1.54) is 24.3 Å². The predicted octanol–water partition coefficient (Wildman–Crippen LogP) is -0.649. The number of hydrogen-bond donors (Lipinski definition) is 4. The highest BCUT2D eigenvalue weighted by Crippen LogP contribution is 2.05. The van der Waals surface area contributed by atoms with Gasteiger partial charge in [0, 0.05) is 24.2 Å². The normalized spacial score (nSPS) is 11.6. The number of hydrogen-bond acceptors (Lipinski definition) is 4. The Morgan fingerprint density at radius 1 is 1.26 bits per heavy atom. The molecule has 0 fully saturated rings. The van der Waals surface area contributed by atoms with Crippen LogP contribution in [0.2, 0.25) is 0 Å². The summed E-state index contributed by atoms with van der Waals surface area (Å²) in [6, 6.07) is 4.43. The number of aliphatic hydroxyl groups excluding tert-OH is 1. The van der Waals surface area contributed by atoms with Gasteiger partial charge in [0.15, 0.2) is 0 Å². The molecule has 102 valence electrons. The van der Waals surface area contributed by atoms with Gasteiger partial charge in [0.05, 0.1) is 0 Å². The minimum Gasteiger partial charge on any atom is -0.480 e. The van der Waals surface area contributed by atoms with Crippen LogP contribution in [0.3, 0.4) is 0 Å². The van der Waals surface area contributed by atoms with Gasteiger partial charge in [-0.15, -0.1) is 0 Å². The third-order valence-electron chi connectivity index (χ3n) is 2.43. The predicted molar refractivity (Wildman–Crippen MR) is 65.6 cm³/mol. The molecule has 0 heterocycles. The molecule has 0 saturated heterocycles. The second-order valence-corrected chi connectivity index (χ2v) is 3.82. The number of aliphatic hydroxyl groups is 1. The highest BCUT2D eigenvalue weighted by atomic mass is 16.4. The van der Waals surface area contributed by atoms with Crippen LogP contribution in [0.4, 0.5) is 0 Å². The van der Waals surface area contributed by atoms with Crippen LogP contribution in [-0.4, -0.2) is 40.6 Å². The minimum absolute atomic E-state index is 0.101. The second-order valence-electron chi connectivity index (χ2n) is 3.82. The highest BCUT2D eigenvalue weighted by molar-refractivity contribution is 6.00. The average Bonchev–Trinajstić information content (AvgIpc) is 2.38. The number of amides is 2. The molecule has 19 heavy (non-hydrogen) atoms. The van der Waals surface area contributed by atoms with E-state index in [9.17, 15) is 14.4 Å². The first kappa shape index (κ1) is 14.7. The van der Waals surface area contributed by atoms with Gasteiger partial charge in [0.1, 0.15) is 6.04 Å². The van der Waals surface area contributed by atoms with Crippen molar-refractivity contribution in [3.8, 4) is 0 Å². The van der Waals surface area contributed by atoms with Crippen molar-refractivity contribution in [3.63, 3.8) is 0 Å². The number of rotatable bonds is 6. The fourth-order valence-corrected chi connectivity index (χ4v) is 1.44. The Kier molecular flexibility index (Phi) is 5.01. The molecular weight excluding hydrogens is 252 g/mol. The summed E-state index contributed by atoms with van der Waals surface area (Å²) in [6.45, 7) is -0.363. The van der Waals surface area contributed by atoms with Crippen LogP contribution in [0.25, 0.3) is 0 Å². The standard InChI is InChI=1S/C12H14N2O5/c13-10(16)7-2-1-3-8(6-7)11(17)14-9(4-5-15)12(18)19/h1-3,6,9,15H,4-5H2,(H2,13,16)(H,14,17)(H,18,19). The lowest BCUT2D eigenvalue weighted by Crippen LogP contribution is -2.41. The lowest BCUT2D eigenvalue weighted by molar-refractivity contribution is -0.139. The number of nitrogens with one attached hydrogen (secondary N) is 1. The van der Waals surface area contributed by atoms with Crippen molar-refractivity contribution in [3.05, 3.63) is 35.4 Å². The Hall–Kier alpha value is -2.41. The van der Waals surface area contributed by atoms with E-state index < -0.39 is 23.8 Å². The smallest absolute Gasteiger partial charge is 0.326 e. The first-order chi connectivity index (χ1) is 8.95.